The number of fused-ring (bicyclic) bond motifs is 3. The highest BCUT2D eigenvalue weighted by atomic mass is 16.2. The van der Waals surface area contributed by atoms with Crippen LogP contribution in [0.4, 0.5) is 0 Å². The van der Waals surface area contributed by atoms with Crippen LogP contribution in [0, 0.1) is 5.92 Å². The van der Waals surface area contributed by atoms with Crippen LogP contribution < -0.4 is 10.6 Å². The maximum absolute atomic E-state index is 13.2. The van der Waals surface area contributed by atoms with Gasteiger partial charge in [-0.05, 0) is 66.5 Å². The van der Waals surface area contributed by atoms with E-state index in [1.54, 1.807) is 18.2 Å². The van der Waals surface area contributed by atoms with Crippen molar-refractivity contribution in [2.45, 2.75) is 32.1 Å². The first-order valence-corrected chi connectivity index (χ1v) is 13.4. The van der Waals surface area contributed by atoms with Crippen molar-refractivity contribution in [3.8, 4) is 0 Å². The van der Waals surface area contributed by atoms with Crippen molar-refractivity contribution < 1.29 is 14.4 Å². The number of hydrogen-bond donors (Lipinski definition) is 2. The van der Waals surface area contributed by atoms with E-state index >= 15 is 0 Å². The summed E-state index contributed by atoms with van der Waals surface area (Å²) in [6, 6.07) is 25.7. The van der Waals surface area contributed by atoms with Crippen LogP contribution in [0.3, 0.4) is 0 Å². The average molecular weight is 505 g/mol. The Hall–Kier alpha value is -4.25. The van der Waals surface area contributed by atoms with Gasteiger partial charge >= 0.3 is 0 Å². The monoisotopic (exact) mass is 504 g/mol. The highest BCUT2D eigenvalue weighted by molar-refractivity contribution is 6.27. The van der Waals surface area contributed by atoms with Gasteiger partial charge in [0.25, 0.3) is 5.91 Å². The number of Topliss-reactive ketones (excluding diaryl/α,β-unsaturated/α-hetero) is 1. The fourth-order valence-electron chi connectivity index (χ4n) is 5.12. The second-order valence-electron chi connectivity index (χ2n) is 9.86. The summed E-state index contributed by atoms with van der Waals surface area (Å²) in [5.74, 6) is -0.720. The molecule has 2 aliphatic rings. The number of aryl methyl sites for hydroxylation is 2. The van der Waals surface area contributed by atoms with Crippen LogP contribution >= 0.6 is 0 Å². The third-order valence-electron chi connectivity index (χ3n) is 7.19. The van der Waals surface area contributed by atoms with Crippen molar-refractivity contribution >= 4 is 23.2 Å². The molecule has 192 valence electrons. The fraction of sp³-hybridized carbons (Fsp3) is 0.242. The third kappa shape index (κ3) is 5.83. The van der Waals surface area contributed by atoms with Crippen LogP contribution in [-0.4, -0.2) is 30.7 Å². The second kappa shape index (κ2) is 11.9. The summed E-state index contributed by atoms with van der Waals surface area (Å²) in [5.41, 5.74) is 5.78. The molecular formula is C33H32N2O3. The lowest BCUT2D eigenvalue weighted by atomic mass is 9.89. The van der Waals surface area contributed by atoms with Gasteiger partial charge in [0, 0.05) is 29.8 Å². The minimum atomic E-state index is -0.365. The molecule has 2 aliphatic carbocycles. The molecule has 0 saturated carbocycles. The minimum absolute atomic E-state index is 0.0554. The molecule has 0 aromatic heterocycles. The number of amides is 2. The Morgan fingerprint density at radius 3 is 2.03 bits per heavy atom. The molecule has 2 amide bonds. The van der Waals surface area contributed by atoms with Gasteiger partial charge in [0.15, 0.2) is 5.78 Å². The SMILES string of the molecule is O=C(NCCCc1ccccc1)c1ccc2c(c1)C(=O)C1=CC(C(=O)NCCCc3ccccc3)CC=C12. The van der Waals surface area contributed by atoms with Gasteiger partial charge in [-0.2, -0.15) is 0 Å². The van der Waals surface area contributed by atoms with Crippen molar-refractivity contribution in [3.63, 3.8) is 0 Å². The van der Waals surface area contributed by atoms with Gasteiger partial charge in [-0.1, -0.05) is 78.9 Å². The van der Waals surface area contributed by atoms with Gasteiger partial charge in [-0.3, -0.25) is 14.4 Å². The zero-order valence-corrected chi connectivity index (χ0v) is 21.4. The molecule has 5 heteroatoms. The van der Waals surface area contributed by atoms with E-state index in [1.165, 1.54) is 11.1 Å². The highest BCUT2D eigenvalue weighted by Gasteiger charge is 2.34. The molecule has 0 saturated heterocycles. The molecule has 5 nitrogen and oxygen atoms in total. The number of rotatable bonds is 10. The van der Waals surface area contributed by atoms with E-state index in [4.69, 9.17) is 0 Å². The number of carbonyl (C=O) groups is 3. The lowest BCUT2D eigenvalue weighted by molar-refractivity contribution is -0.123. The molecule has 0 fully saturated rings. The van der Waals surface area contributed by atoms with Crippen LogP contribution in [0.15, 0.2) is 96.6 Å². The first kappa shape index (κ1) is 25.4. The van der Waals surface area contributed by atoms with E-state index in [2.05, 4.69) is 34.9 Å². The summed E-state index contributed by atoms with van der Waals surface area (Å²) in [5, 5.41) is 5.98. The van der Waals surface area contributed by atoms with Crippen LogP contribution in [0.2, 0.25) is 0 Å². The molecule has 38 heavy (non-hydrogen) atoms. The maximum Gasteiger partial charge on any atom is 0.251 e. The molecule has 0 bridgehead atoms. The van der Waals surface area contributed by atoms with E-state index in [-0.39, 0.29) is 23.5 Å². The molecule has 2 N–H and O–H groups in total. The Balaban J connectivity index is 1.15. The minimum Gasteiger partial charge on any atom is -0.356 e. The molecule has 1 atom stereocenters. The van der Waals surface area contributed by atoms with Crippen LogP contribution in [0.5, 0.6) is 0 Å². The Kier molecular flexibility index (Phi) is 7.93. The molecule has 0 aliphatic heterocycles. The zero-order valence-electron chi connectivity index (χ0n) is 21.4. The summed E-state index contributed by atoms with van der Waals surface area (Å²) in [6.45, 7) is 1.17. The van der Waals surface area contributed by atoms with Gasteiger partial charge in [-0.15, -0.1) is 0 Å². The topological polar surface area (TPSA) is 75.3 Å². The van der Waals surface area contributed by atoms with Crippen LogP contribution in [-0.2, 0) is 17.6 Å². The second-order valence-corrected chi connectivity index (χ2v) is 9.86. The molecule has 0 spiro atoms. The van der Waals surface area contributed by atoms with E-state index in [0.29, 0.717) is 36.2 Å². The van der Waals surface area contributed by atoms with Crippen LogP contribution in [0.25, 0.3) is 5.57 Å². The van der Waals surface area contributed by atoms with Crippen molar-refractivity contribution in [1.82, 2.24) is 10.6 Å². The standard InChI is InChI=1S/C33H32N2O3/c36-31-29-21-25(32(37)34-19-7-13-23-9-3-1-4-10-23)15-17-27(29)28-18-16-26(22-30(28)31)33(38)35-20-8-14-24-11-5-2-6-12-24/h1-6,9-12,15,17-18,21-22,26H,7-8,13-14,16,19-20H2,(H,34,37)(H,35,38). The molecular weight excluding hydrogens is 472 g/mol. The lowest BCUT2D eigenvalue weighted by Gasteiger charge is -2.17. The summed E-state index contributed by atoms with van der Waals surface area (Å²) < 4.78 is 0. The van der Waals surface area contributed by atoms with Crippen molar-refractivity contribution in [2.75, 3.05) is 13.1 Å². The molecule has 1 unspecified atom stereocenters. The van der Waals surface area contributed by atoms with E-state index < -0.39 is 0 Å². The summed E-state index contributed by atoms with van der Waals surface area (Å²) in [7, 11) is 0. The Morgan fingerprint density at radius 2 is 1.37 bits per heavy atom. The first-order valence-electron chi connectivity index (χ1n) is 13.4. The van der Waals surface area contributed by atoms with Gasteiger partial charge in [-0.25, -0.2) is 0 Å². The van der Waals surface area contributed by atoms with Crippen molar-refractivity contribution in [2.24, 2.45) is 5.92 Å². The average Bonchev–Trinajstić information content (AvgIpc) is 3.25. The first-order chi connectivity index (χ1) is 18.6. The fourth-order valence-corrected chi connectivity index (χ4v) is 5.12. The number of nitrogens with one attached hydrogen (secondary N) is 2. The highest BCUT2D eigenvalue weighted by Crippen LogP contribution is 2.41. The van der Waals surface area contributed by atoms with Gasteiger partial charge in [0.05, 0.1) is 5.92 Å². The van der Waals surface area contributed by atoms with E-state index in [9.17, 15) is 14.4 Å². The summed E-state index contributed by atoms with van der Waals surface area (Å²) >= 11 is 0. The van der Waals surface area contributed by atoms with Gasteiger partial charge in [0.1, 0.15) is 0 Å². The predicted molar refractivity (Wildman–Crippen MR) is 150 cm³/mol. The molecule has 3 aromatic rings. The number of benzene rings is 3. The van der Waals surface area contributed by atoms with Crippen LogP contribution in [0.1, 0.15) is 56.7 Å². The maximum atomic E-state index is 13.2. The Bertz CT molecular complexity index is 1390. The number of allylic oxidation sites excluding steroid dienone is 3. The zero-order chi connectivity index (χ0) is 26.3. The third-order valence-corrected chi connectivity index (χ3v) is 7.19. The lowest BCUT2D eigenvalue weighted by Crippen LogP contribution is -2.31. The van der Waals surface area contributed by atoms with Gasteiger partial charge < -0.3 is 10.6 Å². The largest absolute Gasteiger partial charge is 0.356 e. The molecule has 5 rings (SSSR count). The number of carbonyl (C=O) groups excluding carboxylic acids is 3. The Labute approximate surface area is 223 Å². The predicted octanol–water partition coefficient (Wildman–Crippen LogP) is 5.32. The summed E-state index contributed by atoms with van der Waals surface area (Å²) in [4.78, 5) is 38.8. The molecule has 0 radical (unpaired) electrons. The van der Waals surface area contributed by atoms with E-state index in [1.807, 2.05) is 48.5 Å². The summed E-state index contributed by atoms with van der Waals surface area (Å²) in [6.07, 6.45) is 7.85. The molecule has 3 aromatic carbocycles. The number of hydrogen-bond acceptors (Lipinski definition) is 3. The number of ketones is 1. The van der Waals surface area contributed by atoms with Crippen molar-refractivity contribution in [3.05, 3.63) is 124 Å². The van der Waals surface area contributed by atoms with Gasteiger partial charge in [0.2, 0.25) is 5.91 Å². The Morgan fingerprint density at radius 1 is 0.737 bits per heavy atom. The molecule has 0 heterocycles. The van der Waals surface area contributed by atoms with E-state index in [0.717, 1.165) is 36.8 Å². The smallest absolute Gasteiger partial charge is 0.251 e. The quantitative estimate of drug-likeness (QED) is 0.367. The normalized spacial score (nSPS) is 15.7. The van der Waals surface area contributed by atoms with Crippen molar-refractivity contribution in [1.29, 1.82) is 0 Å².